The largest absolute Gasteiger partial charge is 0.490 e. The minimum absolute atomic E-state index is 0.224. The van der Waals surface area contributed by atoms with Crippen molar-refractivity contribution < 1.29 is 14.6 Å². The first-order valence-corrected chi connectivity index (χ1v) is 8.97. The third-order valence-corrected chi connectivity index (χ3v) is 5.72. The van der Waals surface area contributed by atoms with E-state index in [4.69, 9.17) is 16.3 Å². The Balaban J connectivity index is 1.93. The Morgan fingerprint density at radius 3 is 2.92 bits per heavy atom. The molecule has 0 radical (unpaired) electrons. The van der Waals surface area contributed by atoms with Crippen molar-refractivity contribution in [2.45, 2.75) is 25.9 Å². The number of ether oxygens (including phenoxy) is 1. The molecule has 1 atom stereocenters. The second-order valence-electron chi connectivity index (χ2n) is 6.04. The average molecular weight is 359 g/mol. The van der Waals surface area contributed by atoms with Gasteiger partial charge in [0.25, 0.3) is 0 Å². The van der Waals surface area contributed by atoms with E-state index in [0.717, 1.165) is 45.4 Å². The van der Waals surface area contributed by atoms with Crippen molar-refractivity contribution in [1.82, 2.24) is 0 Å². The molecular formula is C19H15ClO3S. The Morgan fingerprint density at radius 2 is 2.12 bits per heavy atom. The molecule has 1 aromatic heterocycles. The Labute approximate surface area is 148 Å². The van der Waals surface area contributed by atoms with E-state index in [1.807, 2.05) is 24.3 Å². The molecule has 122 valence electrons. The number of hydrogen-bond acceptors (Lipinski definition) is 3. The highest BCUT2D eigenvalue weighted by Gasteiger charge is 2.22. The van der Waals surface area contributed by atoms with E-state index < -0.39 is 5.97 Å². The van der Waals surface area contributed by atoms with Gasteiger partial charge in [0.15, 0.2) is 0 Å². The number of benzene rings is 2. The number of carboxylic acids is 1. The maximum atomic E-state index is 11.7. The molecule has 0 bridgehead atoms. The second-order valence-corrected chi connectivity index (χ2v) is 7.53. The predicted molar refractivity (Wildman–Crippen MR) is 97.6 cm³/mol. The van der Waals surface area contributed by atoms with Crippen LogP contribution in [0.5, 0.6) is 5.75 Å². The number of aryl methyl sites for hydroxylation is 1. The summed E-state index contributed by atoms with van der Waals surface area (Å²) in [5.41, 5.74) is 2.81. The Hall–Kier alpha value is -2.04. The van der Waals surface area contributed by atoms with Crippen LogP contribution in [-0.4, -0.2) is 17.2 Å². The van der Waals surface area contributed by atoms with Gasteiger partial charge >= 0.3 is 5.97 Å². The van der Waals surface area contributed by atoms with Crippen LogP contribution in [-0.2, 0) is 6.42 Å². The summed E-state index contributed by atoms with van der Waals surface area (Å²) in [6, 6.07) is 11.5. The fourth-order valence-corrected chi connectivity index (χ4v) is 4.53. The highest BCUT2D eigenvalue weighted by atomic mass is 35.5. The van der Waals surface area contributed by atoms with Crippen LogP contribution in [0.4, 0.5) is 0 Å². The summed E-state index contributed by atoms with van der Waals surface area (Å²) in [6.07, 6.45) is 2.14. The van der Waals surface area contributed by atoms with Crippen LogP contribution in [0.3, 0.4) is 0 Å². The van der Waals surface area contributed by atoms with Crippen molar-refractivity contribution in [3.63, 3.8) is 0 Å². The summed E-state index contributed by atoms with van der Waals surface area (Å²) in [5, 5.41) is 11.2. The van der Waals surface area contributed by atoms with E-state index in [1.165, 1.54) is 11.3 Å². The Kier molecular flexibility index (Phi) is 3.74. The van der Waals surface area contributed by atoms with Gasteiger partial charge in [0.05, 0.1) is 6.10 Å². The molecule has 1 aliphatic rings. The average Bonchev–Trinajstić information content (AvgIpc) is 2.93. The number of carboxylic acid groups (broad SMARTS) is 1. The van der Waals surface area contributed by atoms with E-state index in [2.05, 4.69) is 13.0 Å². The van der Waals surface area contributed by atoms with Crippen molar-refractivity contribution in [3.05, 3.63) is 51.9 Å². The zero-order valence-corrected chi connectivity index (χ0v) is 14.6. The van der Waals surface area contributed by atoms with Crippen LogP contribution in [0.25, 0.3) is 21.2 Å². The van der Waals surface area contributed by atoms with E-state index in [1.54, 1.807) is 6.07 Å². The molecule has 24 heavy (non-hydrogen) atoms. The lowest BCUT2D eigenvalue weighted by molar-refractivity contribution is 0.0703. The van der Waals surface area contributed by atoms with Gasteiger partial charge in [-0.3, -0.25) is 0 Å². The molecule has 1 aliphatic heterocycles. The zero-order chi connectivity index (χ0) is 16.8. The first-order valence-electron chi connectivity index (χ1n) is 7.78. The Bertz CT molecular complexity index is 961. The highest BCUT2D eigenvalue weighted by Crippen LogP contribution is 2.41. The lowest BCUT2D eigenvalue weighted by Gasteiger charge is -2.23. The molecule has 0 spiro atoms. The smallest absolute Gasteiger partial charge is 0.346 e. The third kappa shape index (κ3) is 2.56. The van der Waals surface area contributed by atoms with Gasteiger partial charge < -0.3 is 9.84 Å². The molecule has 3 nitrogen and oxygen atoms in total. The molecule has 2 aromatic carbocycles. The van der Waals surface area contributed by atoms with E-state index in [-0.39, 0.29) is 6.10 Å². The van der Waals surface area contributed by atoms with E-state index >= 15 is 0 Å². The number of aromatic carboxylic acids is 1. The number of rotatable bonds is 2. The van der Waals surface area contributed by atoms with Gasteiger partial charge in [0.2, 0.25) is 0 Å². The van der Waals surface area contributed by atoms with E-state index in [0.29, 0.717) is 9.90 Å². The van der Waals surface area contributed by atoms with Crippen molar-refractivity contribution >= 4 is 39.0 Å². The van der Waals surface area contributed by atoms with Gasteiger partial charge in [0.1, 0.15) is 10.6 Å². The third-order valence-electron chi connectivity index (χ3n) is 4.34. The quantitative estimate of drug-likeness (QED) is 0.645. The topological polar surface area (TPSA) is 46.5 Å². The van der Waals surface area contributed by atoms with Crippen LogP contribution in [0.15, 0.2) is 36.4 Å². The molecule has 4 rings (SSSR count). The van der Waals surface area contributed by atoms with E-state index in [9.17, 15) is 9.90 Å². The van der Waals surface area contributed by atoms with Gasteiger partial charge in [-0.25, -0.2) is 4.79 Å². The lowest BCUT2D eigenvalue weighted by Crippen LogP contribution is -2.18. The highest BCUT2D eigenvalue weighted by molar-refractivity contribution is 7.21. The molecule has 0 unspecified atom stereocenters. The SMILES string of the molecule is C[C@H]1CCc2cc(-c3c(C(=O)O)sc4cc(Cl)ccc34)ccc2O1. The van der Waals surface area contributed by atoms with Crippen LogP contribution in [0.2, 0.25) is 5.02 Å². The zero-order valence-electron chi connectivity index (χ0n) is 13.0. The second kappa shape index (κ2) is 5.80. The van der Waals surface area contributed by atoms with Crippen LogP contribution in [0, 0.1) is 0 Å². The van der Waals surface area contributed by atoms with Gasteiger partial charge in [-0.2, -0.15) is 0 Å². The fraction of sp³-hybridized carbons (Fsp3) is 0.211. The molecule has 1 N–H and O–H groups in total. The summed E-state index contributed by atoms with van der Waals surface area (Å²) < 4.78 is 6.74. The lowest BCUT2D eigenvalue weighted by atomic mass is 9.96. The minimum Gasteiger partial charge on any atom is -0.490 e. The maximum Gasteiger partial charge on any atom is 0.346 e. The van der Waals surface area contributed by atoms with Gasteiger partial charge in [-0.1, -0.05) is 23.7 Å². The summed E-state index contributed by atoms with van der Waals surface area (Å²) in [6.45, 7) is 2.06. The molecule has 0 saturated heterocycles. The molecule has 0 amide bonds. The monoisotopic (exact) mass is 358 g/mol. The summed E-state index contributed by atoms with van der Waals surface area (Å²) in [5.74, 6) is -0.0122. The van der Waals surface area contributed by atoms with Gasteiger partial charge in [-0.15, -0.1) is 11.3 Å². The molecule has 0 fully saturated rings. The van der Waals surface area contributed by atoms with Crippen molar-refractivity contribution in [2.75, 3.05) is 0 Å². The van der Waals surface area contributed by atoms with Crippen molar-refractivity contribution in [3.8, 4) is 16.9 Å². The first kappa shape index (κ1) is 15.5. The molecule has 0 saturated carbocycles. The Morgan fingerprint density at radius 1 is 1.29 bits per heavy atom. The molecule has 3 aromatic rings. The molecule has 2 heterocycles. The number of hydrogen-bond donors (Lipinski definition) is 1. The summed E-state index contributed by atoms with van der Waals surface area (Å²) in [7, 11) is 0. The molecule has 0 aliphatic carbocycles. The summed E-state index contributed by atoms with van der Waals surface area (Å²) in [4.78, 5) is 12.1. The number of thiophene rings is 1. The first-order chi connectivity index (χ1) is 11.5. The van der Waals surface area contributed by atoms with Gasteiger partial charge in [-0.05, 0) is 55.2 Å². The molecular weight excluding hydrogens is 344 g/mol. The number of halogens is 1. The fourth-order valence-electron chi connectivity index (χ4n) is 3.19. The maximum absolute atomic E-state index is 11.7. The standard InChI is InChI=1S/C19H15ClO3S/c1-10-2-3-11-8-12(4-7-15(11)23-10)17-14-6-5-13(20)9-16(14)24-18(17)19(21)22/h4-10H,2-3H2,1H3,(H,21,22)/t10-/m0/s1. The number of fused-ring (bicyclic) bond motifs is 2. The molecule has 5 heteroatoms. The van der Waals surface area contributed by atoms with Crippen molar-refractivity contribution in [2.24, 2.45) is 0 Å². The predicted octanol–water partition coefficient (Wildman–Crippen LogP) is 5.63. The summed E-state index contributed by atoms with van der Waals surface area (Å²) >= 11 is 7.32. The van der Waals surface area contributed by atoms with Crippen molar-refractivity contribution in [1.29, 1.82) is 0 Å². The normalized spacial score (nSPS) is 16.7. The van der Waals surface area contributed by atoms with Crippen LogP contribution in [0.1, 0.15) is 28.6 Å². The van der Waals surface area contributed by atoms with Crippen LogP contribution < -0.4 is 4.74 Å². The number of carbonyl (C=O) groups is 1. The minimum atomic E-state index is -0.912. The van der Waals surface area contributed by atoms with Crippen LogP contribution >= 0.6 is 22.9 Å². The van der Waals surface area contributed by atoms with Gasteiger partial charge in [0, 0.05) is 20.7 Å².